The van der Waals surface area contributed by atoms with Crippen LogP contribution in [0.25, 0.3) is 10.8 Å². The second-order valence-electron chi connectivity index (χ2n) is 8.31. The van der Waals surface area contributed by atoms with Crippen LogP contribution in [0.15, 0.2) is 65.6 Å². The van der Waals surface area contributed by atoms with Gasteiger partial charge in [0.2, 0.25) is 15.9 Å². The Balaban J connectivity index is 1.31. The van der Waals surface area contributed by atoms with Crippen molar-refractivity contribution >= 4 is 38.1 Å². The first kappa shape index (κ1) is 23.8. The summed E-state index contributed by atoms with van der Waals surface area (Å²) in [4.78, 5) is 25.2. The quantitative estimate of drug-likeness (QED) is 0.408. The number of hydrogen-bond donors (Lipinski definition) is 1. The highest BCUT2D eigenvalue weighted by molar-refractivity contribution is 7.89. The highest BCUT2D eigenvalue weighted by Gasteiger charge is 2.28. The van der Waals surface area contributed by atoms with Gasteiger partial charge in [0.1, 0.15) is 0 Å². The largest absolute Gasteiger partial charge is 0.326 e. The minimum absolute atomic E-state index is 0.0790. The molecule has 3 aromatic rings. The third-order valence-electron chi connectivity index (χ3n) is 6.05. The van der Waals surface area contributed by atoms with Gasteiger partial charge >= 0.3 is 0 Å². The summed E-state index contributed by atoms with van der Waals surface area (Å²) in [5.41, 5.74) is 1.08. The molecule has 34 heavy (non-hydrogen) atoms. The van der Waals surface area contributed by atoms with Gasteiger partial charge in [0.05, 0.1) is 15.5 Å². The van der Waals surface area contributed by atoms with E-state index in [-0.39, 0.29) is 22.9 Å². The monoisotopic (exact) mass is 482 g/mol. The Labute approximate surface area is 198 Å². The van der Waals surface area contributed by atoms with Gasteiger partial charge < -0.3 is 10.2 Å². The van der Waals surface area contributed by atoms with Crippen LogP contribution < -0.4 is 5.32 Å². The standard InChI is InChI=1S/C24H26N4O5S/c1-18-6-8-21(28(30)31)17-23(18)25-24(29)10-11-26-12-14-27(15-13-26)34(32,33)22-9-7-19-4-2-3-5-20(19)16-22/h2-9,16-17H,10-15H2,1H3,(H,25,29). The molecule has 4 rings (SSSR count). The summed E-state index contributed by atoms with van der Waals surface area (Å²) in [7, 11) is -3.59. The van der Waals surface area contributed by atoms with Crippen LogP contribution in [0.5, 0.6) is 0 Å². The van der Waals surface area contributed by atoms with Gasteiger partial charge in [0.25, 0.3) is 5.69 Å². The number of nitrogens with one attached hydrogen (secondary N) is 1. The van der Waals surface area contributed by atoms with Crippen LogP contribution in [0.3, 0.4) is 0 Å². The van der Waals surface area contributed by atoms with Crippen molar-refractivity contribution in [2.45, 2.75) is 18.2 Å². The molecule has 1 amide bonds. The number of benzene rings is 3. The molecule has 0 unspecified atom stereocenters. The van der Waals surface area contributed by atoms with Crippen LogP contribution in [-0.4, -0.2) is 61.2 Å². The number of rotatable bonds is 7. The fraction of sp³-hybridized carbons (Fsp3) is 0.292. The first-order valence-electron chi connectivity index (χ1n) is 11.0. The molecule has 3 aromatic carbocycles. The van der Waals surface area contributed by atoms with E-state index in [9.17, 15) is 23.3 Å². The number of amides is 1. The highest BCUT2D eigenvalue weighted by atomic mass is 32.2. The number of fused-ring (bicyclic) bond motifs is 1. The van der Waals surface area contributed by atoms with Crippen molar-refractivity contribution in [2.75, 3.05) is 38.0 Å². The number of piperazine rings is 1. The number of nitro benzene ring substituents is 1. The van der Waals surface area contributed by atoms with Crippen LogP contribution in [0.4, 0.5) is 11.4 Å². The van der Waals surface area contributed by atoms with Gasteiger partial charge in [-0.15, -0.1) is 0 Å². The average Bonchev–Trinajstić information content (AvgIpc) is 2.84. The molecule has 0 aliphatic carbocycles. The van der Waals surface area contributed by atoms with Crippen molar-refractivity contribution in [3.63, 3.8) is 0 Å². The topological polar surface area (TPSA) is 113 Å². The maximum atomic E-state index is 13.1. The summed E-state index contributed by atoms with van der Waals surface area (Å²) in [6.07, 6.45) is 0.208. The average molecular weight is 483 g/mol. The van der Waals surface area contributed by atoms with E-state index in [0.29, 0.717) is 38.4 Å². The van der Waals surface area contributed by atoms with Gasteiger partial charge in [-0.3, -0.25) is 14.9 Å². The van der Waals surface area contributed by atoms with Gasteiger partial charge in [-0.25, -0.2) is 8.42 Å². The van der Waals surface area contributed by atoms with E-state index in [1.807, 2.05) is 35.2 Å². The number of hydrogen-bond acceptors (Lipinski definition) is 6. The maximum Gasteiger partial charge on any atom is 0.271 e. The van der Waals surface area contributed by atoms with E-state index in [1.165, 1.54) is 16.4 Å². The molecule has 1 aliphatic rings. The fourth-order valence-corrected chi connectivity index (χ4v) is 5.46. The van der Waals surface area contributed by atoms with Gasteiger partial charge in [-0.1, -0.05) is 36.4 Å². The molecular formula is C24H26N4O5S. The van der Waals surface area contributed by atoms with E-state index in [4.69, 9.17) is 0 Å². The van der Waals surface area contributed by atoms with Crippen LogP contribution in [-0.2, 0) is 14.8 Å². The number of nitrogens with zero attached hydrogens (tertiary/aromatic N) is 3. The highest BCUT2D eigenvalue weighted by Crippen LogP contribution is 2.24. The molecule has 0 saturated carbocycles. The molecule has 1 fully saturated rings. The molecule has 0 atom stereocenters. The van der Waals surface area contributed by atoms with Crippen molar-refractivity contribution in [3.8, 4) is 0 Å². The molecule has 1 saturated heterocycles. The minimum Gasteiger partial charge on any atom is -0.326 e. The van der Waals surface area contributed by atoms with Crippen molar-refractivity contribution in [2.24, 2.45) is 0 Å². The first-order valence-corrected chi connectivity index (χ1v) is 12.4. The molecule has 0 radical (unpaired) electrons. The zero-order valence-corrected chi connectivity index (χ0v) is 19.6. The summed E-state index contributed by atoms with van der Waals surface area (Å²) < 4.78 is 27.7. The molecule has 10 heteroatoms. The van der Waals surface area contributed by atoms with E-state index < -0.39 is 14.9 Å². The smallest absolute Gasteiger partial charge is 0.271 e. The SMILES string of the molecule is Cc1ccc([N+](=O)[O-])cc1NC(=O)CCN1CCN(S(=O)(=O)c2ccc3ccccc3c2)CC1. The van der Waals surface area contributed by atoms with Gasteiger partial charge in [0.15, 0.2) is 0 Å². The molecular weight excluding hydrogens is 456 g/mol. The Morgan fingerprint density at radius 3 is 2.41 bits per heavy atom. The number of carbonyl (C=O) groups is 1. The Hall–Kier alpha value is -3.34. The molecule has 0 bridgehead atoms. The Kier molecular flexibility index (Phi) is 6.92. The third-order valence-corrected chi connectivity index (χ3v) is 7.95. The van der Waals surface area contributed by atoms with E-state index in [2.05, 4.69) is 5.32 Å². The van der Waals surface area contributed by atoms with Crippen molar-refractivity contribution in [3.05, 3.63) is 76.3 Å². The van der Waals surface area contributed by atoms with Gasteiger partial charge in [-0.2, -0.15) is 4.31 Å². The maximum absolute atomic E-state index is 13.1. The number of sulfonamides is 1. The second kappa shape index (κ2) is 9.88. The van der Waals surface area contributed by atoms with Crippen LogP contribution in [0.2, 0.25) is 0 Å². The normalized spacial score (nSPS) is 15.3. The number of carbonyl (C=O) groups excluding carboxylic acids is 1. The predicted octanol–water partition coefficient (Wildman–Crippen LogP) is 3.39. The zero-order chi connectivity index (χ0) is 24.3. The lowest BCUT2D eigenvalue weighted by molar-refractivity contribution is -0.384. The molecule has 0 spiro atoms. The third kappa shape index (κ3) is 5.24. The minimum atomic E-state index is -3.59. The lowest BCUT2D eigenvalue weighted by Crippen LogP contribution is -2.49. The molecule has 178 valence electrons. The summed E-state index contributed by atoms with van der Waals surface area (Å²) in [5.74, 6) is -0.241. The summed E-state index contributed by atoms with van der Waals surface area (Å²) in [5, 5.41) is 15.6. The van der Waals surface area contributed by atoms with Gasteiger partial charge in [0, 0.05) is 51.3 Å². The van der Waals surface area contributed by atoms with Crippen molar-refractivity contribution in [1.29, 1.82) is 0 Å². The van der Waals surface area contributed by atoms with Crippen LogP contribution in [0.1, 0.15) is 12.0 Å². The lowest BCUT2D eigenvalue weighted by Gasteiger charge is -2.33. The lowest BCUT2D eigenvalue weighted by atomic mass is 10.1. The fourth-order valence-electron chi connectivity index (χ4n) is 4.00. The zero-order valence-electron chi connectivity index (χ0n) is 18.8. The Morgan fingerprint density at radius 2 is 1.71 bits per heavy atom. The van der Waals surface area contributed by atoms with E-state index in [1.54, 1.807) is 25.1 Å². The Bertz CT molecular complexity index is 1330. The molecule has 1 aliphatic heterocycles. The number of anilines is 1. The summed E-state index contributed by atoms with van der Waals surface area (Å²) >= 11 is 0. The molecule has 9 nitrogen and oxygen atoms in total. The van der Waals surface area contributed by atoms with Crippen molar-refractivity contribution < 1.29 is 18.1 Å². The number of aryl methyl sites for hydroxylation is 1. The number of non-ortho nitro benzene ring substituents is 1. The van der Waals surface area contributed by atoms with E-state index >= 15 is 0 Å². The summed E-state index contributed by atoms with van der Waals surface area (Å²) in [6, 6.07) is 17.2. The molecule has 1 heterocycles. The van der Waals surface area contributed by atoms with Crippen LogP contribution >= 0.6 is 0 Å². The molecule has 0 aromatic heterocycles. The Morgan fingerprint density at radius 1 is 1.00 bits per heavy atom. The van der Waals surface area contributed by atoms with E-state index in [0.717, 1.165) is 16.3 Å². The van der Waals surface area contributed by atoms with Crippen LogP contribution in [0, 0.1) is 17.0 Å². The van der Waals surface area contributed by atoms with Crippen molar-refractivity contribution in [1.82, 2.24) is 9.21 Å². The molecule has 1 N–H and O–H groups in total. The predicted molar refractivity (Wildman–Crippen MR) is 130 cm³/mol. The second-order valence-corrected chi connectivity index (χ2v) is 10.2. The number of nitro groups is 1. The summed E-state index contributed by atoms with van der Waals surface area (Å²) in [6.45, 7) is 3.99. The first-order chi connectivity index (χ1) is 16.2. The van der Waals surface area contributed by atoms with Gasteiger partial charge in [-0.05, 0) is 35.4 Å².